The standard InChI is InChI=1S/C16H18BrN5O/c1-2-18-16(19-7-12-5-6-23-11-12)20-8-14-10-22-9-13(17)3-4-15(22)21-14/h3-6,9-11H,2,7-8H2,1H3,(H2,18,19,20). The molecule has 6 nitrogen and oxygen atoms in total. The van der Waals surface area contributed by atoms with Crippen LogP contribution in [0.25, 0.3) is 5.65 Å². The first-order valence-electron chi connectivity index (χ1n) is 7.41. The molecule has 0 aliphatic heterocycles. The van der Waals surface area contributed by atoms with Crippen molar-refractivity contribution in [1.29, 1.82) is 0 Å². The molecule has 0 unspecified atom stereocenters. The molecule has 0 spiro atoms. The molecule has 3 rings (SSSR count). The van der Waals surface area contributed by atoms with Crippen LogP contribution in [0.2, 0.25) is 0 Å². The van der Waals surface area contributed by atoms with Crippen molar-refractivity contribution in [2.24, 2.45) is 4.99 Å². The van der Waals surface area contributed by atoms with Crippen LogP contribution in [0.15, 0.2) is 57.0 Å². The Labute approximate surface area is 142 Å². The van der Waals surface area contributed by atoms with Crippen LogP contribution in [0, 0.1) is 0 Å². The summed E-state index contributed by atoms with van der Waals surface area (Å²) in [6, 6.07) is 5.87. The summed E-state index contributed by atoms with van der Waals surface area (Å²) in [7, 11) is 0. The fourth-order valence-electron chi connectivity index (χ4n) is 2.17. The lowest BCUT2D eigenvalue weighted by atomic mass is 10.3. The zero-order valence-electron chi connectivity index (χ0n) is 12.8. The SMILES string of the molecule is CCNC(=NCc1ccoc1)NCc1cn2cc(Br)ccc2n1. The topological polar surface area (TPSA) is 66.9 Å². The molecule has 23 heavy (non-hydrogen) atoms. The van der Waals surface area contributed by atoms with Gasteiger partial charge in [0.15, 0.2) is 5.96 Å². The summed E-state index contributed by atoms with van der Waals surface area (Å²) in [6.45, 7) is 4.02. The van der Waals surface area contributed by atoms with E-state index in [1.165, 1.54) is 0 Å². The molecule has 3 aromatic heterocycles. The van der Waals surface area contributed by atoms with Crippen LogP contribution >= 0.6 is 15.9 Å². The number of furan rings is 1. The van der Waals surface area contributed by atoms with Gasteiger partial charge in [0, 0.05) is 29.0 Å². The monoisotopic (exact) mass is 375 g/mol. The Kier molecular flexibility index (Phi) is 4.97. The fourth-order valence-corrected chi connectivity index (χ4v) is 2.52. The first-order chi connectivity index (χ1) is 11.2. The number of rotatable bonds is 5. The molecule has 0 aromatic carbocycles. The largest absolute Gasteiger partial charge is 0.472 e. The smallest absolute Gasteiger partial charge is 0.191 e. The van der Waals surface area contributed by atoms with Crippen molar-refractivity contribution >= 4 is 27.5 Å². The number of nitrogens with zero attached hydrogens (tertiary/aromatic N) is 3. The summed E-state index contributed by atoms with van der Waals surface area (Å²) in [4.78, 5) is 9.11. The normalized spacial score (nSPS) is 11.8. The molecule has 0 saturated heterocycles. The Morgan fingerprint density at radius 1 is 1.30 bits per heavy atom. The lowest BCUT2D eigenvalue weighted by Gasteiger charge is -2.09. The average molecular weight is 376 g/mol. The number of imidazole rings is 1. The lowest BCUT2D eigenvalue weighted by Crippen LogP contribution is -2.36. The predicted octanol–water partition coefficient (Wildman–Crippen LogP) is 2.95. The van der Waals surface area contributed by atoms with E-state index < -0.39 is 0 Å². The van der Waals surface area contributed by atoms with Crippen LogP contribution in [0.1, 0.15) is 18.2 Å². The van der Waals surface area contributed by atoms with Gasteiger partial charge in [-0.3, -0.25) is 0 Å². The highest BCUT2D eigenvalue weighted by Gasteiger charge is 2.04. The summed E-state index contributed by atoms with van der Waals surface area (Å²) < 4.78 is 8.07. The van der Waals surface area contributed by atoms with Gasteiger partial charge in [0.1, 0.15) is 5.65 Å². The molecule has 0 bridgehead atoms. The van der Waals surface area contributed by atoms with Crippen molar-refractivity contribution in [1.82, 2.24) is 20.0 Å². The van der Waals surface area contributed by atoms with Crippen molar-refractivity contribution in [3.05, 3.63) is 58.8 Å². The molecule has 0 amide bonds. The maximum Gasteiger partial charge on any atom is 0.191 e. The first-order valence-corrected chi connectivity index (χ1v) is 8.20. The number of hydrogen-bond acceptors (Lipinski definition) is 3. The highest BCUT2D eigenvalue weighted by Crippen LogP contribution is 2.12. The summed E-state index contributed by atoms with van der Waals surface area (Å²) in [6.07, 6.45) is 7.35. The molecule has 3 heterocycles. The third kappa shape index (κ3) is 4.13. The number of hydrogen-bond donors (Lipinski definition) is 2. The van der Waals surface area contributed by atoms with E-state index in [9.17, 15) is 0 Å². The second-order valence-electron chi connectivity index (χ2n) is 5.03. The van der Waals surface area contributed by atoms with E-state index in [0.717, 1.165) is 33.9 Å². The van der Waals surface area contributed by atoms with Gasteiger partial charge < -0.3 is 19.5 Å². The number of guanidine groups is 1. The molecule has 120 valence electrons. The van der Waals surface area contributed by atoms with Crippen molar-refractivity contribution in [3.63, 3.8) is 0 Å². The van der Waals surface area contributed by atoms with Gasteiger partial charge >= 0.3 is 0 Å². The van der Waals surface area contributed by atoms with E-state index in [2.05, 4.69) is 36.5 Å². The van der Waals surface area contributed by atoms with Crippen LogP contribution in [-0.4, -0.2) is 21.9 Å². The van der Waals surface area contributed by atoms with Crippen LogP contribution in [0.4, 0.5) is 0 Å². The molecule has 0 fully saturated rings. The maximum atomic E-state index is 5.05. The number of aromatic nitrogens is 2. The minimum Gasteiger partial charge on any atom is -0.472 e. The Hall–Kier alpha value is -2.28. The lowest BCUT2D eigenvalue weighted by molar-refractivity contribution is 0.564. The fraction of sp³-hybridized carbons (Fsp3) is 0.250. The van der Waals surface area contributed by atoms with E-state index in [1.807, 2.05) is 41.9 Å². The van der Waals surface area contributed by atoms with Gasteiger partial charge in [0.25, 0.3) is 0 Å². The molecule has 0 aliphatic rings. The summed E-state index contributed by atoms with van der Waals surface area (Å²) >= 11 is 3.46. The Morgan fingerprint density at radius 3 is 3.00 bits per heavy atom. The van der Waals surface area contributed by atoms with Gasteiger partial charge in [-0.1, -0.05) is 0 Å². The predicted molar refractivity (Wildman–Crippen MR) is 93.3 cm³/mol. The van der Waals surface area contributed by atoms with E-state index in [0.29, 0.717) is 13.1 Å². The van der Waals surface area contributed by atoms with E-state index >= 15 is 0 Å². The van der Waals surface area contributed by atoms with Crippen LogP contribution in [0.3, 0.4) is 0 Å². The zero-order valence-corrected chi connectivity index (χ0v) is 14.4. The molecular weight excluding hydrogens is 358 g/mol. The van der Waals surface area contributed by atoms with Crippen LogP contribution in [-0.2, 0) is 13.1 Å². The molecule has 0 atom stereocenters. The van der Waals surface area contributed by atoms with Crippen molar-refractivity contribution in [2.75, 3.05) is 6.54 Å². The third-order valence-corrected chi connectivity index (χ3v) is 3.71. The minimum atomic E-state index is 0.573. The van der Waals surface area contributed by atoms with Crippen molar-refractivity contribution in [2.45, 2.75) is 20.0 Å². The van der Waals surface area contributed by atoms with Gasteiger partial charge in [-0.05, 0) is 41.1 Å². The summed E-state index contributed by atoms with van der Waals surface area (Å²) in [5.74, 6) is 0.756. The molecule has 0 aliphatic carbocycles. The molecule has 0 saturated carbocycles. The number of pyridine rings is 1. The number of aliphatic imine (C=N–C) groups is 1. The Morgan fingerprint density at radius 2 is 2.22 bits per heavy atom. The Bertz CT molecular complexity index is 794. The van der Waals surface area contributed by atoms with Gasteiger partial charge in [-0.2, -0.15) is 0 Å². The van der Waals surface area contributed by atoms with Gasteiger partial charge in [-0.15, -0.1) is 0 Å². The first kappa shape index (κ1) is 15.6. The molecule has 2 N–H and O–H groups in total. The number of nitrogens with one attached hydrogen (secondary N) is 2. The molecule has 0 radical (unpaired) electrons. The molecular formula is C16H18BrN5O. The van der Waals surface area contributed by atoms with Crippen LogP contribution in [0.5, 0.6) is 0 Å². The zero-order chi connectivity index (χ0) is 16.1. The third-order valence-electron chi connectivity index (χ3n) is 3.25. The molecule has 7 heteroatoms. The summed E-state index contributed by atoms with van der Waals surface area (Å²) in [5.41, 5.74) is 2.92. The van der Waals surface area contributed by atoms with Crippen molar-refractivity contribution in [3.8, 4) is 0 Å². The second kappa shape index (κ2) is 7.32. The number of fused-ring (bicyclic) bond motifs is 1. The highest BCUT2D eigenvalue weighted by atomic mass is 79.9. The number of halogens is 1. The van der Waals surface area contributed by atoms with Gasteiger partial charge in [0.05, 0.1) is 31.3 Å². The summed E-state index contributed by atoms with van der Waals surface area (Å²) in [5, 5.41) is 6.52. The highest BCUT2D eigenvalue weighted by molar-refractivity contribution is 9.10. The van der Waals surface area contributed by atoms with E-state index in [-0.39, 0.29) is 0 Å². The average Bonchev–Trinajstić information content (AvgIpc) is 3.18. The Balaban J connectivity index is 1.66. The van der Waals surface area contributed by atoms with Gasteiger partial charge in [-0.25, -0.2) is 9.98 Å². The minimum absolute atomic E-state index is 0.573. The van der Waals surface area contributed by atoms with E-state index in [1.54, 1.807) is 12.5 Å². The molecule has 3 aromatic rings. The van der Waals surface area contributed by atoms with Crippen molar-refractivity contribution < 1.29 is 4.42 Å². The maximum absolute atomic E-state index is 5.05. The van der Waals surface area contributed by atoms with Crippen LogP contribution < -0.4 is 10.6 Å². The quantitative estimate of drug-likeness (QED) is 0.531. The van der Waals surface area contributed by atoms with E-state index in [4.69, 9.17) is 4.42 Å². The van der Waals surface area contributed by atoms with Gasteiger partial charge in [0.2, 0.25) is 0 Å². The second-order valence-corrected chi connectivity index (χ2v) is 5.94.